The normalized spacial score (nSPS) is 9.71. The molecule has 0 saturated carbocycles. The molecule has 0 unspecified atom stereocenters. The highest BCUT2D eigenvalue weighted by atomic mass is 16.4. The first-order valence-electron chi connectivity index (χ1n) is 5.20. The largest absolute Gasteiger partial charge is 0.480 e. The van der Waals surface area contributed by atoms with Gasteiger partial charge in [0.1, 0.15) is 6.54 Å². The molecular weight excluding hydrogens is 222 g/mol. The number of amides is 2. The van der Waals surface area contributed by atoms with Crippen molar-refractivity contribution in [3.63, 3.8) is 0 Å². The molecule has 0 spiro atoms. The number of aromatic nitrogens is 1. The van der Waals surface area contributed by atoms with E-state index in [1.54, 1.807) is 6.20 Å². The van der Waals surface area contributed by atoms with E-state index in [4.69, 9.17) is 5.11 Å². The minimum absolute atomic E-state index is 0.310. The van der Waals surface area contributed by atoms with Gasteiger partial charge in [-0.05, 0) is 12.1 Å². The lowest BCUT2D eigenvalue weighted by molar-refractivity contribution is -0.137. The summed E-state index contributed by atoms with van der Waals surface area (Å²) in [6, 6.07) is 5.17. The molecule has 1 rings (SSSR count). The van der Waals surface area contributed by atoms with Gasteiger partial charge < -0.3 is 15.3 Å². The number of carbonyl (C=O) groups excluding carboxylic acids is 1. The van der Waals surface area contributed by atoms with Crippen LogP contribution in [0.15, 0.2) is 24.4 Å². The first-order chi connectivity index (χ1) is 8.09. The summed E-state index contributed by atoms with van der Waals surface area (Å²) in [6.07, 6.45) is 2.31. The molecule has 1 aromatic heterocycles. The lowest BCUT2D eigenvalue weighted by Gasteiger charge is -2.15. The van der Waals surface area contributed by atoms with Crippen molar-refractivity contribution in [1.29, 1.82) is 0 Å². The van der Waals surface area contributed by atoms with E-state index in [1.165, 1.54) is 7.05 Å². The van der Waals surface area contributed by atoms with Gasteiger partial charge in [0.05, 0.1) is 0 Å². The van der Waals surface area contributed by atoms with Crippen LogP contribution in [0.3, 0.4) is 0 Å². The lowest BCUT2D eigenvalue weighted by atomic mass is 10.3. The summed E-state index contributed by atoms with van der Waals surface area (Å²) in [4.78, 5) is 27.0. The Balaban J connectivity index is 2.27. The second kappa shape index (κ2) is 6.47. The van der Waals surface area contributed by atoms with Crippen LogP contribution in [0.4, 0.5) is 4.79 Å². The Kier molecular flexibility index (Phi) is 4.93. The number of carboxylic acids is 1. The number of carbonyl (C=O) groups is 2. The molecule has 0 aliphatic carbocycles. The molecule has 2 amide bonds. The van der Waals surface area contributed by atoms with Crippen molar-refractivity contribution in [3.8, 4) is 0 Å². The zero-order valence-electron chi connectivity index (χ0n) is 9.59. The molecule has 0 saturated heterocycles. The summed E-state index contributed by atoms with van der Waals surface area (Å²) in [5.41, 5.74) is 0.883. The molecule has 1 heterocycles. The molecule has 92 valence electrons. The van der Waals surface area contributed by atoms with Crippen LogP contribution in [0.5, 0.6) is 0 Å². The molecular formula is C11H15N3O3. The van der Waals surface area contributed by atoms with Crippen molar-refractivity contribution in [3.05, 3.63) is 30.1 Å². The topological polar surface area (TPSA) is 82.5 Å². The minimum Gasteiger partial charge on any atom is -0.480 e. The molecule has 0 aromatic carbocycles. The predicted molar refractivity (Wildman–Crippen MR) is 61.6 cm³/mol. The molecule has 6 nitrogen and oxygen atoms in total. The highest BCUT2D eigenvalue weighted by Crippen LogP contribution is 1.93. The Morgan fingerprint density at radius 3 is 2.82 bits per heavy atom. The number of nitrogens with one attached hydrogen (secondary N) is 1. The van der Waals surface area contributed by atoms with Gasteiger partial charge in [-0.1, -0.05) is 6.07 Å². The third kappa shape index (κ3) is 4.96. The van der Waals surface area contributed by atoms with Crippen LogP contribution >= 0.6 is 0 Å². The zero-order chi connectivity index (χ0) is 12.7. The standard InChI is InChI=1S/C11H15N3O3/c1-14(8-10(15)16)11(17)13-7-5-9-4-2-3-6-12-9/h2-4,6H,5,7-8H2,1H3,(H,13,17)(H,15,16). The summed E-state index contributed by atoms with van der Waals surface area (Å²) in [5, 5.41) is 11.1. The number of likely N-dealkylation sites (N-methyl/N-ethyl adjacent to an activating group) is 1. The van der Waals surface area contributed by atoms with Crippen molar-refractivity contribution >= 4 is 12.0 Å². The summed E-state index contributed by atoms with van der Waals surface area (Å²) >= 11 is 0. The molecule has 0 atom stereocenters. The fourth-order valence-corrected chi connectivity index (χ4v) is 1.25. The fraction of sp³-hybridized carbons (Fsp3) is 0.364. The summed E-state index contributed by atoms with van der Waals surface area (Å²) in [5.74, 6) is -1.03. The smallest absolute Gasteiger partial charge is 0.323 e. The van der Waals surface area contributed by atoms with Crippen LogP contribution < -0.4 is 5.32 Å². The molecule has 0 aliphatic heterocycles. The Morgan fingerprint density at radius 1 is 1.47 bits per heavy atom. The van der Waals surface area contributed by atoms with Crippen molar-refractivity contribution in [2.24, 2.45) is 0 Å². The lowest BCUT2D eigenvalue weighted by Crippen LogP contribution is -2.40. The van der Waals surface area contributed by atoms with Gasteiger partial charge in [-0.3, -0.25) is 9.78 Å². The van der Waals surface area contributed by atoms with Gasteiger partial charge >= 0.3 is 12.0 Å². The van der Waals surface area contributed by atoms with Crippen LogP contribution in [0, 0.1) is 0 Å². The molecule has 0 aliphatic rings. The minimum atomic E-state index is -1.03. The van der Waals surface area contributed by atoms with E-state index in [2.05, 4.69) is 10.3 Å². The quantitative estimate of drug-likeness (QED) is 0.774. The van der Waals surface area contributed by atoms with E-state index < -0.39 is 12.0 Å². The molecule has 6 heteroatoms. The highest BCUT2D eigenvalue weighted by Gasteiger charge is 2.10. The molecule has 2 N–H and O–H groups in total. The first-order valence-corrected chi connectivity index (χ1v) is 5.20. The summed E-state index contributed by atoms with van der Waals surface area (Å²) in [6.45, 7) is 0.120. The fourth-order valence-electron chi connectivity index (χ4n) is 1.25. The summed E-state index contributed by atoms with van der Waals surface area (Å²) in [7, 11) is 1.43. The maximum atomic E-state index is 11.4. The van der Waals surface area contributed by atoms with Crippen LogP contribution in [0.2, 0.25) is 0 Å². The van der Waals surface area contributed by atoms with Crippen LogP contribution in [0.25, 0.3) is 0 Å². The number of carboxylic acid groups (broad SMARTS) is 1. The van der Waals surface area contributed by atoms with E-state index >= 15 is 0 Å². The maximum Gasteiger partial charge on any atom is 0.323 e. The van der Waals surface area contributed by atoms with E-state index in [0.29, 0.717) is 13.0 Å². The van der Waals surface area contributed by atoms with Gasteiger partial charge in [-0.25, -0.2) is 4.79 Å². The number of aliphatic carboxylic acids is 1. The number of nitrogens with zero attached hydrogens (tertiary/aromatic N) is 2. The van der Waals surface area contributed by atoms with Crippen LogP contribution in [-0.2, 0) is 11.2 Å². The molecule has 0 fully saturated rings. The Hall–Kier alpha value is -2.11. The number of urea groups is 1. The van der Waals surface area contributed by atoms with Crippen molar-refractivity contribution in [2.75, 3.05) is 20.1 Å². The van der Waals surface area contributed by atoms with Gasteiger partial charge in [-0.2, -0.15) is 0 Å². The zero-order valence-corrected chi connectivity index (χ0v) is 9.59. The molecule has 17 heavy (non-hydrogen) atoms. The van der Waals surface area contributed by atoms with Crippen LogP contribution in [0.1, 0.15) is 5.69 Å². The van der Waals surface area contributed by atoms with Gasteiger partial charge in [0, 0.05) is 31.9 Å². The molecule has 0 radical (unpaired) electrons. The Labute approximate surface area is 99.3 Å². The van der Waals surface area contributed by atoms with Gasteiger partial charge in [0.2, 0.25) is 0 Å². The Morgan fingerprint density at radius 2 is 2.24 bits per heavy atom. The van der Waals surface area contributed by atoms with E-state index in [9.17, 15) is 9.59 Å². The third-order valence-electron chi connectivity index (χ3n) is 2.10. The number of hydrogen-bond acceptors (Lipinski definition) is 3. The van der Waals surface area contributed by atoms with Gasteiger partial charge in [0.25, 0.3) is 0 Å². The van der Waals surface area contributed by atoms with Crippen molar-refractivity contribution in [1.82, 2.24) is 15.2 Å². The highest BCUT2D eigenvalue weighted by molar-refractivity contribution is 5.79. The van der Waals surface area contributed by atoms with Crippen molar-refractivity contribution < 1.29 is 14.7 Å². The van der Waals surface area contributed by atoms with E-state index in [0.717, 1.165) is 10.6 Å². The van der Waals surface area contributed by atoms with Crippen LogP contribution in [-0.4, -0.2) is 47.1 Å². The van der Waals surface area contributed by atoms with Gasteiger partial charge in [-0.15, -0.1) is 0 Å². The molecule has 1 aromatic rings. The number of hydrogen-bond donors (Lipinski definition) is 2. The SMILES string of the molecule is CN(CC(=O)O)C(=O)NCCc1ccccn1. The average Bonchev–Trinajstić information content (AvgIpc) is 2.29. The first kappa shape index (κ1) is 13.0. The predicted octanol–water partition coefficient (Wildman–Crippen LogP) is 0.350. The van der Waals surface area contributed by atoms with Crippen molar-refractivity contribution in [2.45, 2.75) is 6.42 Å². The van der Waals surface area contributed by atoms with E-state index in [1.807, 2.05) is 18.2 Å². The Bertz CT molecular complexity index is 381. The summed E-state index contributed by atoms with van der Waals surface area (Å²) < 4.78 is 0. The third-order valence-corrected chi connectivity index (χ3v) is 2.10. The average molecular weight is 237 g/mol. The molecule has 0 bridgehead atoms. The number of pyridine rings is 1. The van der Waals surface area contributed by atoms with E-state index in [-0.39, 0.29) is 6.54 Å². The number of rotatable bonds is 5. The second-order valence-electron chi connectivity index (χ2n) is 3.55. The second-order valence-corrected chi connectivity index (χ2v) is 3.55. The maximum absolute atomic E-state index is 11.4. The van der Waals surface area contributed by atoms with Gasteiger partial charge in [0.15, 0.2) is 0 Å². The monoisotopic (exact) mass is 237 g/mol.